The molecule has 0 bridgehead atoms. The Labute approximate surface area is 231 Å². The molecule has 0 radical (unpaired) electrons. The minimum atomic E-state index is -0.771. The van der Waals surface area contributed by atoms with Crippen molar-refractivity contribution in [1.82, 2.24) is 25.2 Å². The van der Waals surface area contributed by atoms with Gasteiger partial charge in [-0.1, -0.05) is 41.4 Å². The van der Waals surface area contributed by atoms with Crippen LogP contribution in [0.3, 0.4) is 0 Å². The van der Waals surface area contributed by atoms with Gasteiger partial charge in [0.25, 0.3) is 5.91 Å². The zero-order chi connectivity index (χ0) is 27.5. The molecule has 2 aliphatic heterocycles. The quantitative estimate of drug-likeness (QED) is 0.389. The van der Waals surface area contributed by atoms with Gasteiger partial charge in [-0.05, 0) is 38.3 Å². The van der Waals surface area contributed by atoms with Gasteiger partial charge in [0.15, 0.2) is 0 Å². The van der Waals surface area contributed by atoms with Gasteiger partial charge >= 0.3 is 0 Å². The molecule has 0 unspecified atom stereocenters. The highest BCUT2D eigenvalue weighted by Gasteiger charge is 2.36. The average molecular weight is 551 g/mol. The highest BCUT2D eigenvalue weighted by Crippen LogP contribution is 2.31. The lowest BCUT2D eigenvalue weighted by molar-refractivity contribution is -0.126. The van der Waals surface area contributed by atoms with Crippen molar-refractivity contribution in [2.45, 2.75) is 51.4 Å². The minimum absolute atomic E-state index is 0.200. The number of aromatic nitrogens is 3. The van der Waals surface area contributed by atoms with Crippen molar-refractivity contribution in [2.75, 3.05) is 25.1 Å². The molecule has 3 aromatic rings. The van der Waals surface area contributed by atoms with Gasteiger partial charge in [-0.2, -0.15) is 0 Å². The fraction of sp³-hybridized carbons (Fsp3) is 0.393. The second-order valence-electron chi connectivity index (χ2n) is 9.91. The summed E-state index contributed by atoms with van der Waals surface area (Å²) in [6, 6.07) is 8.17. The van der Waals surface area contributed by atoms with E-state index in [9.17, 15) is 14.7 Å². The van der Waals surface area contributed by atoms with Crippen LogP contribution in [0.15, 0.2) is 42.7 Å². The minimum Gasteiger partial charge on any atom is -0.394 e. The summed E-state index contributed by atoms with van der Waals surface area (Å²) in [6.07, 6.45) is 4.89. The molecule has 11 heteroatoms. The Bertz CT molecular complexity index is 1380. The van der Waals surface area contributed by atoms with Crippen LogP contribution in [-0.2, 0) is 16.1 Å². The van der Waals surface area contributed by atoms with Gasteiger partial charge in [0.05, 0.1) is 47.4 Å². The number of nitrogens with one attached hydrogen (secondary N) is 2. The van der Waals surface area contributed by atoms with Crippen molar-refractivity contribution in [3.8, 4) is 11.3 Å². The summed E-state index contributed by atoms with van der Waals surface area (Å²) >= 11 is 6.43. The first-order chi connectivity index (χ1) is 18.8. The molecule has 0 spiro atoms. The topological polar surface area (TPSA) is 130 Å². The molecule has 204 valence electrons. The zero-order valence-electron chi connectivity index (χ0n) is 21.9. The normalized spacial score (nSPS) is 17.0. The number of aliphatic hydroxyl groups excluding tert-OH is 1. The number of benzene rings is 1. The maximum absolute atomic E-state index is 13.4. The number of anilines is 1. The molecule has 39 heavy (non-hydrogen) atoms. The van der Waals surface area contributed by atoms with Crippen LogP contribution in [0.5, 0.6) is 0 Å². The van der Waals surface area contributed by atoms with Crippen molar-refractivity contribution < 1.29 is 19.4 Å². The molecule has 10 nitrogen and oxygen atoms in total. The number of halogens is 1. The molecule has 1 fully saturated rings. The van der Waals surface area contributed by atoms with E-state index in [1.807, 2.05) is 31.2 Å². The summed E-state index contributed by atoms with van der Waals surface area (Å²) in [5, 5.41) is 16.4. The number of amides is 2. The summed E-state index contributed by atoms with van der Waals surface area (Å²) < 4.78 is 5.41. The van der Waals surface area contributed by atoms with Crippen LogP contribution in [0.4, 0.5) is 5.95 Å². The molecule has 4 heterocycles. The number of aryl methyl sites for hydroxylation is 1. The van der Waals surface area contributed by atoms with E-state index in [4.69, 9.17) is 16.3 Å². The van der Waals surface area contributed by atoms with Crippen molar-refractivity contribution in [1.29, 1.82) is 0 Å². The highest BCUT2D eigenvalue weighted by atomic mass is 35.5. The van der Waals surface area contributed by atoms with Gasteiger partial charge in [-0.15, -0.1) is 0 Å². The van der Waals surface area contributed by atoms with Crippen LogP contribution in [0.2, 0.25) is 5.02 Å². The van der Waals surface area contributed by atoms with Crippen LogP contribution >= 0.6 is 11.6 Å². The van der Waals surface area contributed by atoms with E-state index in [-0.39, 0.29) is 31.0 Å². The third-order valence-electron chi connectivity index (χ3n) is 7.14. The predicted molar refractivity (Wildman–Crippen MR) is 146 cm³/mol. The number of hydrogen-bond donors (Lipinski definition) is 3. The molecule has 2 aromatic heterocycles. The average Bonchev–Trinajstić information content (AvgIpc) is 3.28. The van der Waals surface area contributed by atoms with Crippen molar-refractivity contribution in [3.05, 3.63) is 70.1 Å². The van der Waals surface area contributed by atoms with E-state index >= 15 is 0 Å². The van der Waals surface area contributed by atoms with E-state index in [1.165, 1.54) is 11.1 Å². The number of ether oxygens (including phenoxy) is 1. The fourth-order valence-electron chi connectivity index (χ4n) is 4.85. The lowest BCUT2D eigenvalue weighted by atomic mass is 10.0. The third kappa shape index (κ3) is 5.88. The molecule has 2 aliphatic rings. The molecular formula is C28H31ClN6O4. The maximum Gasteiger partial charge on any atom is 0.256 e. The third-order valence-corrected chi connectivity index (χ3v) is 7.42. The SMILES string of the molecule is Cc1cccc([C@@H](CO)NC(=O)[C@@H](C)N2Cc3ncc(-c4nc(NC5CCOCC5)ncc4Cl)cc3C2=O)c1. The van der Waals surface area contributed by atoms with Crippen LogP contribution in [-0.4, -0.2) is 68.7 Å². The van der Waals surface area contributed by atoms with Gasteiger partial charge in [0.1, 0.15) is 6.04 Å². The van der Waals surface area contributed by atoms with E-state index in [1.54, 1.807) is 19.2 Å². The number of rotatable bonds is 8. The van der Waals surface area contributed by atoms with Gasteiger partial charge in [-0.3, -0.25) is 14.6 Å². The number of carbonyl (C=O) groups excluding carboxylic acids is 2. The molecule has 0 aliphatic carbocycles. The predicted octanol–water partition coefficient (Wildman–Crippen LogP) is 3.29. The summed E-state index contributed by atoms with van der Waals surface area (Å²) in [5.41, 5.74) is 3.86. The lowest BCUT2D eigenvalue weighted by Crippen LogP contribution is -2.46. The fourth-order valence-corrected chi connectivity index (χ4v) is 5.05. The first-order valence-corrected chi connectivity index (χ1v) is 13.4. The number of pyridine rings is 1. The van der Waals surface area contributed by atoms with E-state index in [2.05, 4.69) is 25.6 Å². The van der Waals surface area contributed by atoms with Crippen molar-refractivity contribution in [3.63, 3.8) is 0 Å². The van der Waals surface area contributed by atoms with E-state index in [0.29, 0.717) is 46.7 Å². The van der Waals surface area contributed by atoms with Crippen molar-refractivity contribution >= 4 is 29.4 Å². The molecule has 2 amide bonds. The molecule has 1 saturated heterocycles. The molecule has 3 N–H and O–H groups in total. The summed E-state index contributed by atoms with van der Waals surface area (Å²) in [7, 11) is 0. The van der Waals surface area contributed by atoms with Crippen LogP contribution in [0.1, 0.15) is 53.0 Å². The van der Waals surface area contributed by atoms with E-state index in [0.717, 1.165) is 24.0 Å². The first-order valence-electron chi connectivity index (χ1n) is 13.0. The Kier molecular flexibility index (Phi) is 8.06. The Morgan fingerprint density at radius 2 is 2.03 bits per heavy atom. The Hall–Kier alpha value is -3.60. The van der Waals surface area contributed by atoms with Gasteiger partial charge in [-0.25, -0.2) is 9.97 Å². The van der Waals surface area contributed by atoms with Gasteiger partial charge < -0.3 is 25.4 Å². The molecule has 5 rings (SSSR count). The van der Waals surface area contributed by atoms with Gasteiger partial charge in [0.2, 0.25) is 11.9 Å². The van der Waals surface area contributed by atoms with Gasteiger partial charge in [0, 0.05) is 31.0 Å². The number of nitrogens with zero attached hydrogens (tertiary/aromatic N) is 4. The Morgan fingerprint density at radius 1 is 1.23 bits per heavy atom. The smallest absolute Gasteiger partial charge is 0.256 e. The monoisotopic (exact) mass is 550 g/mol. The number of carbonyl (C=O) groups is 2. The lowest BCUT2D eigenvalue weighted by Gasteiger charge is -2.26. The second kappa shape index (κ2) is 11.6. The maximum atomic E-state index is 13.4. The molecule has 1 aromatic carbocycles. The Balaban J connectivity index is 1.31. The zero-order valence-corrected chi connectivity index (χ0v) is 22.6. The largest absolute Gasteiger partial charge is 0.394 e. The summed E-state index contributed by atoms with van der Waals surface area (Å²) in [4.78, 5) is 41.4. The summed E-state index contributed by atoms with van der Waals surface area (Å²) in [6.45, 7) is 4.93. The van der Waals surface area contributed by atoms with Crippen molar-refractivity contribution in [2.24, 2.45) is 0 Å². The second-order valence-corrected chi connectivity index (χ2v) is 10.3. The van der Waals surface area contributed by atoms with Crippen LogP contribution in [0, 0.1) is 6.92 Å². The first kappa shape index (κ1) is 27.0. The molecule has 2 atom stereocenters. The number of fused-ring (bicyclic) bond motifs is 1. The number of aliphatic hydroxyl groups is 1. The highest BCUT2D eigenvalue weighted by molar-refractivity contribution is 6.33. The molecular weight excluding hydrogens is 520 g/mol. The van der Waals surface area contributed by atoms with Crippen LogP contribution in [0.25, 0.3) is 11.3 Å². The molecule has 0 saturated carbocycles. The number of hydrogen-bond acceptors (Lipinski definition) is 8. The Morgan fingerprint density at radius 3 is 2.77 bits per heavy atom. The van der Waals surface area contributed by atoms with Crippen LogP contribution < -0.4 is 10.6 Å². The van der Waals surface area contributed by atoms with E-state index < -0.39 is 12.1 Å². The standard InChI is InChI=1S/C28H31ClN6O4/c1-16-4-3-5-18(10-16)24(15-36)33-26(37)17(2)35-14-23-21(27(35)38)11-19(12-30-23)25-22(29)13-31-28(34-25)32-20-6-8-39-9-7-20/h3-5,10-13,17,20,24,36H,6-9,14-15H2,1-2H3,(H,33,37)(H,31,32,34)/t17-,24-/m1/s1. The summed E-state index contributed by atoms with van der Waals surface area (Å²) in [5.74, 6) is -0.212.